The second-order valence-corrected chi connectivity index (χ2v) is 6.44. The highest BCUT2D eigenvalue weighted by atomic mass is 15.2. The van der Waals surface area contributed by atoms with E-state index in [2.05, 4.69) is 22.0 Å². The van der Waals surface area contributed by atoms with Crippen molar-refractivity contribution >= 4 is 0 Å². The first-order valence-electron chi connectivity index (χ1n) is 8.06. The topological polar surface area (TPSA) is 18.5 Å². The minimum atomic E-state index is 0.796. The van der Waals surface area contributed by atoms with Gasteiger partial charge in [0.1, 0.15) is 0 Å². The highest BCUT2D eigenvalue weighted by Crippen LogP contribution is 2.34. The average molecular weight is 251 g/mol. The third-order valence-electron chi connectivity index (χ3n) is 5.10. The maximum absolute atomic E-state index is 3.78. The zero-order valence-electron chi connectivity index (χ0n) is 11.9. The van der Waals surface area contributed by atoms with Crippen molar-refractivity contribution in [2.75, 3.05) is 39.3 Å². The summed E-state index contributed by atoms with van der Waals surface area (Å²) in [7, 11) is 0. The van der Waals surface area contributed by atoms with E-state index in [0.717, 1.165) is 18.0 Å². The molecule has 0 aromatic rings. The largest absolute Gasteiger partial charge is 0.312 e. The predicted octanol–water partition coefficient (Wildman–Crippen LogP) is 1.54. The Morgan fingerprint density at radius 1 is 1.06 bits per heavy atom. The van der Waals surface area contributed by atoms with Crippen molar-refractivity contribution in [1.29, 1.82) is 0 Å². The lowest BCUT2D eigenvalue weighted by Gasteiger charge is -2.39. The molecule has 104 valence electrons. The van der Waals surface area contributed by atoms with Crippen LogP contribution in [0.15, 0.2) is 0 Å². The van der Waals surface area contributed by atoms with Gasteiger partial charge < -0.3 is 10.2 Å². The molecule has 1 aliphatic carbocycles. The molecule has 2 unspecified atom stereocenters. The van der Waals surface area contributed by atoms with E-state index in [1.807, 2.05) is 0 Å². The first kappa shape index (κ1) is 12.9. The SMILES string of the molecule is CCN1CCCC(N2CCCNC(C3CC3)C2)C1. The molecule has 0 aromatic heterocycles. The van der Waals surface area contributed by atoms with Crippen LogP contribution in [-0.4, -0.2) is 61.2 Å². The fraction of sp³-hybridized carbons (Fsp3) is 1.00. The Balaban J connectivity index is 1.58. The van der Waals surface area contributed by atoms with Crippen LogP contribution in [0.25, 0.3) is 0 Å². The summed E-state index contributed by atoms with van der Waals surface area (Å²) in [6, 6.07) is 1.63. The van der Waals surface area contributed by atoms with Gasteiger partial charge in [0.15, 0.2) is 0 Å². The second-order valence-electron chi connectivity index (χ2n) is 6.44. The third-order valence-corrected chi connectivity index (χ3v) is 5.10. The smallest absolute Gasteiger partial charge is 0.0224 e. The highest BCUT2D eigenvalue weighted by Gasteiger charge is 2.35. The predicted molar refractivity (Wildman–Crippen MR) is 75.8 cm³/mol. The zero-order chi connectivity index (χ0) is 12.4. The van der Waals surface area contributed by atoms with Crippen molar-refractivity contribution in [1.82, 2.24) is 15.1 Å². The minimum Gasteiger partial charge on any atom is -0.312 e. The van der Waals surface area contributed by atoms with Gasteiger partial charge >= 0.3 is 0 Å². The van der Waals surface area contributed by atoms with Crippen molar-refractivity contribution < 1.29 is 0 Å². The molecule has 2 atom stereocenters. The Kier molecular flexibility index (Phi) is 4.22. The molecule has 3 heteroatoms. The number of likely N-dealkylation sites (tertiary alicyclic amines) is 1. The number of rotatable bonds is 3. The summed E-state index contributed by atoms with van der Waals surface area (Å²) >= 11 is 0. The van der Waals surface area contributed by atoms with Crippen LogP contribution in [0.5, 0.6) is 0 Å². The van der Waals surface area contributed by atoms with Gasteiger partial charge in [-0.2, -0.15) is 0 Å². The van der Waals surface area contributed by atoms with Gasteiger partial charge in [0.25, 0.3) is 0 Å². The molecule has 0 amide bonds. The van der Waals surface area contributed by atoms with E-state index < -0.39 is 0 Å². The third kappa shape index (κ3) is 3.06. The summed E-state index contributed by atoms with van der Waals surface area (Å²) in [5.41, 5.74) is 0. The van der Waals surface area contributed by atoms with Crippen LogP contribution >= 0.6 is 0 Å². The maximum Gasteiger partial charge on any atom is 0.0224 e. The molecule has 2 saturated heterocycles. The zero-order valence-corrected chi connectivity index (χ0v) is 11.9. The molecular weight excluding hydrogens is 222 g/mol. The standard InChI is InChI=1S/C15H29N3/c1-2-17-9-3-5-14(11-17)18-10-4-8-16-15(12-18)13-6-7-13/h13-16H,2-12H2,1H3. The van der Waals surface area contributed by atoms with E-state index in [-0.39, 0.29) is 0 Å². The molecular formula is C15H29N3. The summed E-state index contributed by atoms with van der Waals surface area (Å²) in [4.78, 5) is 5.45. The number of hydrogen-bond donors (Lipinski definition) is 1. The van der Waals surface area contributed by atoms with Crippen molar-refractivity contribution in [3.05, 3.63) is 0 Å². The lowest BCUT2D eigenvalue weighted by molar-refractivity contribution is 0.0971. The maximum atomic E-state index is 3.78. The minimum absolute atomic E-state index is 0.796. The quantitative estimate of drug-likeness (QED) is 0.821. The van der Waals surface area contributed by atoms with Gasteiger partial charge in [-0.05, 0) is 64.2 Å². The molecule has 2 heterocycles. The number of hydrogen-bond acceptors (Lipinski definition) is 3. The summed E-state index contributed by atoms with van der Waals surface area (Å²) in [5, 5.41) is 3.78. The van der Waals surface area contributed by atoms with Crippen molar-refractivity contribution in [2.45, 2.75) is 51.1 Å². The van der Waals surface area contributed by atoms with E-state index in [1.165, 1.54) is 71.4 Å². The van der Waals surface area contributed by atoms with Crippen molar-refractivity contribution in [3.8, 4) is 0 Å². The van der Waals surface area contributed by atoms with Crippen LogP contribution in [0.1, 0.15) is 39.0 Å². The van der Waals surface area contributed by atoms with Crippen molar-refractivity contribution in [2.24, 2.45) is 5.92 Å². The highest BCUT2D eigenvalue weighted by molar-refractivity contribution is 4.92. The van der Waals surface area contributed by atoms with Gasteiger partial charge in [0.2, 0.25) is 0 Å². The fourth-order valence-corrected chi connectivity index (χ4v) is 3.74. The van der Waals surface area contributed by atoms with Gasteiger partial charge in [0, 0.05) is 25.2 Å². The van der Waals surface area contributed by atoms with Crippen LogP contribution in [0, 0.1) is 5.92 Å². The lowest BCUT2D eigenvalue weighted by atomic mass is 10.0. The summed E-state index contributed by atoms with van der Waals surface area (Å²) in [5.74, 6) is 0.997. The van der Waals surface area contributed by atoms with E-state index in [9.17, 15) is 0 Å². The first-order valence-corrected chi connectivity index (χ1v) is 8.06. The van der Waals surface area contributed by atoms with Crippen molar-refractivity contribution in [3.63, 3.8) is 0 Å². The Labute approximate surface area is 112 Å². The molecule has 3 fully saturated rings. The molecule has 18 heavy (non-hydrogen) atoms. The van der Waals surface area contributed by atoms with Gasteiger partial charge in [-0.25, -0.2) is 0 Å². The van der Waals surface area contributed by atoms with E-state index in [4.69, 9.17) is 0 Å². The van der Waals surface area contributed by atoms with Crippen LogP contribution < -0.4 is 5.32 Å². The molecule has 3 aliphatic rings. The molecule has 0 spiro atoms. The fourth-order valence-electron chi connectivity index (χ4n) is 3.74. The van der Waals surface area contributed by atoms with Crippen LogP contribution in [0.4, 0.5) is 0 Å². The lowest BCUT2D eigenvalue weighted by Crippen LogP contribution is -2.50. The first-order chi connectivity index (χ1) is 8.86. The number of nitrogens with zero attached hydrogens (tertiary/aromatic N) is 2. The van der Waals surface area contributed by atoms with Gasteiger partial charge in [0.05, 0.1) is 0 Å². The monoisotopic (exact) mass is 251 g/mol. The number of piperidine rings is 1. The van der Waals surface area contributed by atoms with Crippen LogP contribution in [0.2, 0.25) is 0 Å². The number of nitrogens with one attached hydrogen (secondary N) is 1. The van der Waals surface area contributed by atoms with Crippen LogP contribution in [-0.2, 0) is 0 Å². The van der Waals surface area contributed by atoms with E-state index in [1.54, 1.807) is 0 Å². The Bertz CT molecular complexity index is 264. The van der Waals surface area contributed by atoms with E-state index >= 15 is 0 Å². The molecule has 0 radical (unpaired) electrons. The Hall–Kier alpha value is -0.120. The Morgan fingerprint density at radius 3 is 2.72 bits per heavy atom. The second kappa shape index (κ2) is 5.89. The van der Waals surface area contributed by atoms with Crippen LogP contribution in [0.3, 0.4) is 0 Å². The molecule has 2 aliphatic heterocycles. The summed E-state index contributed by atoms with van der Waals surface area (Å²) in [6.45, 7) is 10.0. The van der Waals surface area contributed by atoms with Gasteiger partial charge in [-0.3, -0.25) is 4.90 Å². The average Bonchev–Trinajstić information content (AvgIpc) is 3.24. The molecule has 1 N–H and O–H groups in total. The molecule has 3 rings (SSSR count). The summed E-state index contributed by atoms with van der Waals surface area (Å²) < 4.78 is 0. The normalized spacial score (nSPS) is 36.5. The molecule has 0 aromatic carbocycles. The molecule has 3 nitrogen and oxygen atoms in total. The Morgan fingerprint density at radius 2 is 1.94 bits per heavy atom. The number of likely N-dealkylation sites (N-methyl/N-ethyl adjacent to an activating group) is 1. The van der Waals surface area contributed by atoms with Gasteiger partial charge in [-0.1, -0.05) is 6.92 Å². The van der Waals surface area contributed by atoms with Gasteiger partial charge in [-0.15, -0.1) is 0 Å². The summed E-state index contributed by atoms with van der Waals surface area (Å²) in [6.07, 6.45) is 7.10. The van der Waals surface area contributed by atoms with E-state index in [0.29, 0.717) is 0 Å². The molecule has 1 saturated carbocycles. The molecule has 0 bridgehead atoms.